The molecular formula is C27H33N7O4. The van der Waals surface area contributed by atoms with E-state index in [0.29, 0.717) is 59.3 Å². The second-order valence-corrected chi connectivity index (χ2v) is 8.57. The number of aliphatic hydroxyl groups excluding tert-OH is 1. The first kappa shape index (κ1) is 28.1. The molecule has 1 heterocycles. The van der Waals surface area contributed by atoms with Crippen LogP contribution in [0.3, 0.4) is 0 Å². The highest BCUT2D eigenvalue weighted by atomic mass is 16.5. The highest BCUT2D eigenvalue weighted by Gasteiger charge is 2.18. The number of benzene rings is 2. The van der Waals surface area contributed by atoms with E-state index in [4.69, 9.17) is 15.9 Å². The third-order valence-electron chi connectivity index (χ3n) is 5.46. The van der Waals surface area contributed by atoms with Crippen molar-refractivity contribution in [2.75, 3.05) is 44.4 Å². The molecule has 38 heavy (non-hydrogen) atoms. The van der Waals surface area contributed by atoms with Crippen molar-refractivity contribution >= 4 is 29.2 Å². The molecule has 0 aliphatic carbocycles. The number of aromatic nitrogens is 1. The third-order valence-corrected chi connectivity index (χ3v) is 5.46. The summed E-state index contributed by atoms with van der Waals surface area (Å²) in [5.41, 5.74) is 7.16. The van der Waals surface area contributed by atoms with Crippen LogP contribution in [-0.4, -0.2) is 66.4 Å². The maximum atomic E-state index is 13.0. The normalized spacial score (nSPS) is 11.3. The first-order valence-electron chi connectivity index (χ1n) is 12.0. The van der Waals surface area contributed by atoms with Crippen LogP contribution in [0.4, 0.5) is 11.5 Å². The fourth-order valence-corrected chi connectivity index (χ4v) is 3.40. The molecule has 0 spiro atoms. The summed E-state index contributed by atoms with van der Waals surface area (Å²) in [6.07, 6.45) is 1.00. The lowest BCUT2D eigenvalue weighted by Crippen LogP contribution is -2.30. The van der Waals surface area contributed by atoms with E-state index in [1.807, 2.05) is 0 Å². The Hall–Kier alpha value is -4.48. The zero-order chi connectivity index (χ0) is 27.5. The molecule has 11 heteroatoms. The van der Waals surface area contributed by atoms with Gasteiger partial charge in [-0.2, -0.15) is 0 Å². The van der Waals surface area contributed by atoms with Gasteiger partial charge in [0.05, 0.1) is 0 Å². The Bertz CT molecular complexity index is 1230. The van der Waals surface area contributed by atoms with Crippen LogP contribution in [0.25, 0.3) is 0 Å². The molecule has 3 rings (SSSR count). The first-order valence-corrected chi connectivity index (χ1v) is 12.0. The lowest BCUT2D eigenvalue weighted by Gasteiger charge is -2.19. The van der Waals surface area contributed by atoms with Crippen molar-refractivity contribution in [1.82, 2.24) is 15.2 Å². The molecule has 0 saturated heterocycles. The molecule has 3 aromatic rings. The Kier molecular flexibility index (Phi) is 10.1. The van der Waals surface area contributed by atoms with Gasteiger partial charge in [-0.3, -0.25) is 15.0 Å². The van der Waals surface area contributed by atoms with Crippen LogP contribution >= 0.6 is 0 Å². The van der Waals surface area contributed by atoms with Gasteiger partial charge in [0.15, 0.2) is 12.8 Å². The van der Waals surface area contributed by atoms with Crippen LogP contribution in [0.1, 0.15) is 34.1 Å². The first-order chi connectivity index (χ1) is 18.3. The summed E-state index contributed by atoms with van der Waals surface area (Å²) in [5.74, 6) is 0.399. The van der Waals surface area contributed by atoms with E-state index in [1.165, 1.54) is 0 Å². The molecule has 11 nitrogen and oxygen atoms in total. The summed E-state index contributed by atoms with van der Waals surface area (Å²) < 4.78 is 5.60. The minimum absolute atomic E-state index is 0.214. The number of carbonyl (C=O) groups excluding carboxylic acids is 2. The Morgan fingerprint density at radius 3 is 2.50 bits per heavy atom. The lowest BCUT2D eigenvalue weighted by atomic mass is 10.1. The minimum atomic E-state index is -1.25. The van der Waals surface area contributed by atoms with Gasteiger partial charge in [0.1, 0.15) is 17.4 Å². The topological polar surface area (TPSA) is 166 Å². The van der Waals surface area contributed by atoms with Gasteiger partial charge in [0, 0.05) is 49.2 Å². The van der Waals surface area contributed by atoms with Crippen molar-refractivity contribution in [2.24, 2.45) is 5.73 Å². The zero-order valence-electron chi connectivity index (χ0n) is 21.4. The summed E-state index contributed by atoms with van der Waals surface area (Å²) in [7, 11) is 3.55. The fourth-order valence-electron chi connectivity index (χ4n) is 3.40. The SMILES string of the molecule is CN(C)C(=N)c1ccc(C(=O)Nc2ccc(OCC(=O)NCCCN)cc2C(O)Nc2ccccn2)cc1. The number of hydrogen-bond acceptors (Lipinski definition) is 8. The van der Waals surface area contributed by atoms with E-state index in [0.717, 1.165) is 0 Å². The van der Waals surface area contributed by atoms with Crippen LogP contribution < -0.4 is 26.4 Å². The molecule has 0 saturated carbocycles. The molecular weight excluding hydrogens is 486 g/mol. The molecule has 200 valence electrons. The molecule has 7 N–H and O–H groups in total. The number of pyridine rings is 1. The number of rotatable bonds is 12. The van der Waals surface area contributed by atoms with E-state index >= 15 is 0 Å². The molecule has 1 unspecified atom stereocenters. The number of amides is 2. The molecule has 2 aromatic carbocycles. The number of ether oxygens (including phenoxy) is 1. The predicted molar refractivity (Wildman–Crippen MR) is 146 cm³/mol. The van der Waals surface area contributed by atoms with Gasteiger partial charge in [-0.25, -0.2) is 4.98 Å². The number of anilines is 2. The number of amidine groups is 1. The number of carbonyl (C=O) groups is 2. The van der Waals surface area contributed by atoms with E-state index < -0.39 is 12.1 Å². The van der Waals surface area contributed by atoms with Crippen molar-refractivity contribution in [3.63, 3.8) is 0 Å². The molecule has 0 aliphatic rings. The number of nitrogens with zero attached hydrogens (tertiary/aromatic N) is 2. The quantitative estimate of drug-likeness (QED) is 0.0917. The standard InChI is InChI=1S/C27H33N7O4/c1-34(2)25(29)18-7-9-19(10-8-18)26(36)32-22-12-11-20(38-17-24(35)31-15-5-13-28)16-21(22)27(37)33-23-6-3-4-14-30-23/h3-4,6-12,14,16,27,29,37H,5,13,15,17,28H2,1-2H3,(H,30,33)(H,31,35)(H,32,36). The number of hydrogen-bond donors (Lipinski definition) is 6. The average molecular weight is 520 g/mol. The largest absolute Gasteiger partial charge is 0.484 e. The van der Waals surface area contributed by atoms with Crippen molar-refractivity contribution in [1.29, 1.82) is 5.41 Å². The predicted octanol–water partition coefficient (Wildman–Crippen LogP) is 2.17. The van der Waals surface area contributed by atoms with Gasteiger partial charge in [-0.1, -0.05) is 18.2 Å². The summed E-state index contributed by atoms with van der Waals surface area (Å²) in [5, 5.41) is 27.4. The van der Waals surface area contributed by atoms with Gasteiger partial charge in [0.2, 0.25) is 0 Å². The number of nitrogens with one attached hydrogen (secondary N) is 4. The van der Waals surface area contributed by atoms with Gasteiger partial charge in [0.25, 0.3) is 11.8 Å². The van der Waals surface area contributed by atoms with Crippen molar-refractivity contribution in [2.45, 2.75) is 12.6 Å². The highest BCUT2D eigenvalue weighted by molar-refractivity contribution is 6.05. The smallest absolute Gasteiger partial charge is 0.257 e. The maximum absolute atomic E-state index is 13.0. The molecule has 0 aliphatic heterocycles. The molecule has 1 aromatic heterocycles. The second-order valence-electron chi connectivity index (χ2n) is 8.57. The molecule has 0 radical (unpaired) electrons. The summed E-state index contributed by atoms with van der Waals surface area (Å²) in [6, 6.07) is 16.6. The molecule has 2 amide bonds. The number of aliphatic hydroxyl groups is 1. The summed E-state index contributed by atoms with van der Waals surface area (Å²) in [4.78, 5) is 30.8. The minimum Gasteiger partial charge on any atom is -0.484 e. The maximum Gasteiger partial charge on any atom is 0.257 e. The monoisotopic (exact) mass is 519 g/mol. The van der Waals surface area contributed by atoms with Crippen LogP contribution in [0, 0.1) is 5.41 Å². The lowest BCUT2D eigenvalue weighted by molar-refractivity contribution is -0.123. The summed E-state index contributed by atoms with van der Waals surface area (Å²) >= 11 is 0. The fraction of sp³-hybridized carbons (Fsp3) is 0.259. The average Bonchev–Trinajstić information content (AvgIpc) is 2.92. The second kappa shape index (κ2) is 13.7. The van der Waals surface area contributed by atoms with E-state index in [9.17, 15) is 14.7 Å². The zero-order valence-corrected chi connectivity index (χ0v) is 21.4. The van der Waals surface area contributed by atoms with E-state index in [-0.39, 0.29) is 12.5 Å². The van der Waals surface area contributed by atoms with Crippen LogP contribution in [0.2, 0.25) is 0 Å². The summed E-state index contributed by atoms with van der Waals surface area (Å²) in [6.45, 7) is 0.718. The Morgan fingerprint density at radius 1 is 1.11 bits per heavy atom. The van der Waals surface area contributed by atoms with E-state index in [2.05, 4.69) is 20.9 Å². The van der Waals surface area contributed by atoms with Crippen molar-refractivity contribution < 1.29 is 19.4 Å². The van der Waals surface area contributed by atoms with Gasteiger partial charge >= 0.3 is 0 Å². The van der Waals surface area contributed by atoms with Crippen LogP contribution in [0.15, 0.2) is 66.9 Å². The molecule has 1 atom stereocenters. The van der Waals surface area contributed by atoms with Gasteiger partial charge < -0.3 is 36.4 Å². The Labute approximate surface area is 221 Å². The van der Waals surface area contributed by atoms with Crippen molar-refractivity contribution in [3.8, 4) is 5.75 Å². The molecule has 0 bridgehead atoms. The number of nitrogens with two attached hydrogens (primary N) is 1. The Morgan fingerprint density at radius 2 is 1.84 bits per heavy atom. The van der Waals surface area contributed by atoms with Gasteiger partial charge in [-0.15, -0.1) is 0 Å². The Balaban J connectivity index is 1.79. The molecule has 0 fully saturated rings. The van der Waals surface area contributed by atoms with Crippen molar-refractivity contribution in [3.05, 3.63) is 83.6 Å². The van der Waals surface area contributed by atoms with Crippen LogP contribution in [0.5, 0.6) is 5.75 Å². The van der Waals surface area contributed by atoms with E-state index in [1.54, 1.807) is 85.9 Å². The third kappa shape index (κ3) is 8.02. The van der Waals surface area contributed by atoms with Crippen LogP contribution in [-0.2, 0) is 4.79 Å². The highest BCUT2D eigenvalue weighted by Crippen LogP contribution is 2.29. The van der Waals surface area contributed by atoms with Gasteiger partial charge in [-0.05, 0) is 55.4 Å².